The van der Waals surface area contributed by atoms with Crippen molar-refractivity contribution in [1.29, 1.82) is 0 Å². The number of hydrogen-bond donors (Lipinski definition) is 1. The van der Waals surface area contributed by atoms with E-state index in [1.165, 1.54) is 24.3 Å². The second kappa shape index (κ2) is 8.21. The molecule has 0 spiro atoms. The molecule has 0 radical (unpaired) electrons. The number of aliphatic hydroxyl groups is 1. The summed E-state index contributed by atoms with van der Waals surface area (Å²) in [4.78, 5) is 10.9. The van der Waals surface area contributed by atoms with Crippen LogP contribution in [0.5, 0.6) is 0 Å². The van der Waals surface area contributed by atoms with Gasteiger partial charge < -0.3 is 5.11 Å². The molecule has 0 aliphatic rings. The van der Waals surface area contributed by atoms with Crippen LogP contribution in [0.25, 0.3) is 10.8 Å². The summed E-state index contributed by atoms with van der Waals surface area (Å²) < 4.78 is 26.1. The number of benzene rings is 3. The quantitative estimate of drug-likeness (QED) is 0.405. The van der Waals surface area contributed by atoms with E-state index in [9.17, 15) is 18.5 Å². The SMILES string of the molecule is O=[N+]([O-])c1ccc(C#CCCO)cc1CS(=O)(=O)c1cccc2ccccc12. The first-order chi connectivity index (χ1) is 13.4. The summed E-state index contributed by atoms with van der Waals surface area (Å²) in [7, 11) is -3.83. The molecule has 6 nitrogen and oxygen atoms in total. The third-order valence-corrected chi connectivity index (χ3v) is 5.89. The van der Waals surface area contributed by atoms with Gasteiger partial charge >= 0.3 is 0 Å². The van der Waals surface area contributed by atoms with Crippen molar-refractivity contribution < 1.29 is 18.4 Å². The molecule has 0 heterocycles. The number of nitro groups is 1. The van der Waals surface area contributed by atoms with Gasteiger partial charge in [-0.3, -0.25) is 10.1 Å². The molecule has 3 rings (SSSR count). The van der Waals surface area contributed by atoms with Crippen molar-refractivity contribution >= 4 is 26.3 Å². The van der Waals surface area contributed by atoms with Crippen LogP contribution < -0.4 is 0 Å². The fourth-order valence-corrected chi connectivity index (χ4v) is 4.53. The Morgan fingerprint density at radius 2 is 1.79 bits per heavy atom. The van der Waals surface area contributed by atoms with E-state index in [1.807, 2.05) is 18.2 Å². The Hall–Kier alpha value is -3.21. The van der Waals surface area contributed by atoms with E-state index >= 15 is 0 Å². The molecular weight excluding hydrogens is 378 g/mol. The van der Waals surface area contributed by atoms with Crippen molar-refractivity contribution in [2.75, 3.05) is 6.61 Å². The molecular formula is C21H17NO5S. The topological polar surface area (TPSA) is 97.5 Å². The highest BCUT2D eigenvalue weighted by Gasteiger charge is 2.23. The number of fused-ring (bicyclic) bond motifs is 1. The van der Waals surface area contributed by atoms with Gasteiger partial charge in [0.1, 0.15) is 0 Å². The molecule has 0 bridgehead atoms. The standard InChI is InChI=1S/C21H17NO5S/c23-13-4-3-6-16-11-12-20(22(24)25)18(14-16)15-28(26,27)21-10-5-8-17-7-1-2-9-19(17)21/h1-2,5,7-12,14,23H,4,13,15H2. The van der Waals surface area contributed by atoms with Crippen LogP contribution in [0.3, 0.4) is 0 Å². The van der Waals surface area contributed by atoms with Crippen LogP contribution in [0, 0.1) is 22.0 Å². The lowest BCUT2D eigenvalue weighted by Gasteiger charge is -2.09. The maximum atomic E-state index is 13.1. The summed E-state index contributed by atoms with van der Waals surface area (Å²) in [5.74, 6) is 5.00. The lowest BCUT2D eigenvalue weighted by molar-refractivity contribution is -0.385. The smallest absolute Gasteiger partial charge is 0.273 e. The summed E-state index contributed by atoms with van der Waals surface area (Å²) in [6, 6.07) is 16.2. The molecule has 3 aromatic rings. The zero-order valence-electron chi connectivity index (χ0n) is 14.8. The Morgan fingerprint density at radius 1 is 1.04 bits per heavy atom. The Bertz CT molecular complexity index is 1200. The van der Waals surface area contributed by atoms with E-state index in [4.69, 9.17) is 5.11 Å². The number of aliphatic hydroxyl groups excluding tert-OH is 1. The Morgan fingerprint density at radius 3 is 2.54 bits per heavy atom. The molecule has 28 heavy (non-hydrogen) atoms. The van der Waals surface area contributed by atoms with Crippen LogP contribution >= 0.6 is 0 Å². The zero-order chi connectivity index (χ0) is 20.1. The zero-order valence-corrected chi connectivity index (χ0v) is 15.6. The van der Waals surface area contributed by atoms with Crippen molar-refractivity contribution in [2.24, 2.45) is 0 Å². The maximum Gasteiger partial charge on any atom is 0.273 e. The predicted octanol–water partition coefficient (Wildman–Crippen LogP) is 3.46. The van der Waals surface area contributed by atoms with Crippen LogP contribution in [0.15, 0.2) is 65.6 Å². The summed E-state index contributed by atoms with van der Waals surface area (Å²) in [5, 5.41) is 21.5. The molecule has 0 atom stereocenters. The van der Waals surface area contributed by atoms with Crippen LogP contribution in [-0.4, -0.2) is 25.1 Å². The molecule has 0 aliphatic heterocycles. The van der Waals surface area contributed by atoms with Crippen LogP contribution in [0.2, 0.25) is 0 Å². The number of hydrogen-bond acceptors (Lipinski definition) is 5. The van der Waals surface area contributed by atoms with Gasteiger partial charge in [0.2, 0.25) is 0 Å². The second-order valence-electron chi connectivity index (χ2n) is 6.11. The minimum atomic E-state index is -3.83. The van der Waals surface area contributed by atoms with Crippen molar-refractivity contribution in [1.82, 2.24) is 0 Å². The molecule has 0 unspecified atom stereocenters. The van der Waals surface area contributed by atoms with E-state index in [-0.39, 0.29) is 29.2 Å². The predicted molar refractivity (Wildman–Crippen MR) is 107 cm³/mol. The molecule has 0 aromatic heterocycles. The van der Waals surface area contributed by atoms with Crippen molar-refractivity contribution in [3.8, 4) is 11.8 Å². The summed E-state index contributed by atoms with van der Waals surface area (Å²) in [6.07, 6.45) is 0.265. The first-order valence-corrected chi connectivity index (χ1v) is 10.1. The highest BCUT2D eigenvalue weighted by Crippen LogP contribution is 2.29. The summed E-state index contributed by atoms with van der Waals surface area (Å²) >= 11 is 0. The molecule has 142 valence electrons. The number of rotatable bonds is 5. The monoisotopic (exact) mass is 395 g/mol. The van der Waals surface area contributed by atoms with E-state index in [1.54, 1.807) is 18.2 Å². The van der Waals surface area contributed by atoms with Gasteiger partial charge in [-0.05, 0) is 23.6 Å². The van der Waals surface area contributed by atoms with Gasteiger partial charge in [-0.2, -0.15) is 0 Å². The lowest BCUT2D eigenvalue weighted by Crippen LogP contribution is -2.08. The normalized spacial score (nSPS) is 11.0. The number of nitro benzene ring substituents is 1. The van der Waals surface area contributed by atoms with Crippen LogP contribution in [0.4, 0.5) is 5.69 Å². The lowest BCUT2D eigenvalue weighted by atomic mass is 10.1. The Balaban J connectivity index is 2.07. The van der Waals surface area contributed by atoms with Crippen molar-refractivity contribution in [2.45, 2.75) is 17.1 Å². The maximum absolute atomic E-state index is 13.1. The third kappa shape index (κ3) is 4.19. The largest absolute Gasteiger partial charge is 0.395 e. The molecule has 7 heteroatoms. The van der Waals surface area contributed by atoms with E-state index in [0.717, 1.165) is 5.39 Å². The molecule has 0 saturated carbocycles. The molecule has 0 aliphatic carbocycles. The fourth-order valence-electron chi connectivity index (χ4n) is 2.93. The molecule has 1 N–H and O–H groups in total. The van der Waals surface area contributed by atoms with Gasteiger partial charge in [0.25, 0.3) is 5.69 Å². The Labute approximate surface area is 162 Å². The first kappa shape index (κ1) is 19.5. The van der Waals surface area contributed by atoms with Crippen LogP contribution in [0.1, 0.15) is 17.5 Å². The highest BCUT2D eigenvalue weighted by atomic mass is 32.2. The minimum Gasteiger partial charge on any atom is -0.395 e. The highest BCUT2D eigenvalue weighted by molar-refractivity contribution is 7.90. The minimum absolute atomic E-state index is 0.0775. The van der Waals surface area contributed by atoms with Gasteiger partial charge in [0, 0.05) is 29.0 Å². The van der Waals surface area contributed by atoms with Gasteiger partial charge in [-0.15, -0.1) is 0 Å². The van der Waals surface area contributed by atoms with E-state index in [0.29, 0.717) is 10.9 Å². The number of nitrogens with zero attached hydrogens (tertiary/aromatic N) is 1. The average Bonchev–Trinajstić information content (AvgIpc) is 2.67. The number of sulfone groups is 1. The summed E-state index contributed by atoms with van der Waals surface area (Å²) in [6.45, 7) is -0.0949. The first-order valence-electron chi connectivity index (χ1n) is 8.50. The van der Waals surface area contributed by atoms with Gasteiger partial charge in [0.05, 0.1) is 22.2 Å². The van der Waals surface area contributed by atoms with Crippen LogP contribution in [-0.2, 0) is 15.6 Å². The van der Waals surface area contributed by atoms with Gasteiger partial charge in [-0.25, -0.2) is 8.42 Å². The van der Waals surface area contributed by atoms with E-state index < -0.39 is 20.5 Å². The molecule has 0 fully saturated rings. The van der Waals surface area contributed by atoms with Crippen molar-refractivity contribution in [3.63, 3.8) is 0 Å². The fraction of sp³-hybridized carbons (Fsp3) is 0.143. The summed E-state index contributed by atoms with van der Waals surface area (Å²) in [5.41, 5.74) is 0.271. The second-order valence-corrected chi connectivity index (χ2v) is 8.07. The molecule has 3 aromatic carbocycles. The third-order valence-electron chi connectivity index (χ3n) is 4.18. The average molecular weight is 395 g/mol. The Kier molecular flexibility index (Phi) is 5.73. The molecule has 0 saturated heterocycles. The van der Waals surface area contributed by atoms with E-state index in [2.05, 4.69) is 11.8 Å². The molecule has 0 amide bonds. The van der Waals surface area contributed by atoms with Gasteiger partial charge in [0.15, 0.2) is 9.84 Å². The van der Waals surface area contributed by atoms with Crippen molar-refractivity contribution in [3.05, 3.63) is 81.9 Å². The van der Waals surface area contributed by atoms with Gasteiger partial charge in [-0.1, -0.05) is 48.2 Å².